The van der Waals surface area contributed by atoms with E-state index in [9.17, 15) is 0 Å². The van der Waals surface area contributed by atoms with E-state index in [1.165, 1.54) is 57.8 Å². The Labute approximate surface area is 83.4 Å². The van der Waals surface area contributed by atoms with Crippen molar-refractivity contribution in [1.29, 1.82) is 0 Å². The molecule has 0 aromatic heterocycles. The molecule has 0 nitrogen and oxygen atoms in total. The monoisotopic (exact) mass is 180 g/mol. The Morgan fingerprint density at radius 1 is 0.769 bits per heavy atom. The van der Waals surface area contributed by atoms with Gasteiger partial charge >= 0.3 is 0 Å². The van der Waals surface area contributed by atoms with Crippen LogP contribution in [0.2, 0.25) is 0 Å². The molecule has 0 saturated carbocycles. The molecule has 0 heteroatoms. The first-order chi connectivity index (χ1) is 6.39. The number of allylic oxidation sites excluding steroid dienone is 2. The molecule has 76 valence electrons. The maximum atomic E-state index is 2.40. The van der Waals surface area contributed by atoms with E-state index in [-0.39, 0.29) is 0 Å². The predicted molar refractivity (Wildman–Crippen MR) is 59.9 cm³/mol. The van der Waals surface area contributed by atoms with Crippen LogP contribution in [0.3, 0.4) is 0 Å². The second-order valence-electron chi connectivity index (χ2n) is 4.50. The molecular formula is C13H24. The van der Waals surface area contributed by atoms with E-state index < -0.39 is 0 Å². The molecule has 0 fully saturated rings. The van der Waals surface area contributed by atoms with Crippen LogP contribution < -0.4 is 0 Å². The largest absolute Gasteiger partial charge is 0.0885 e. The van der Waals surface area contributed by atoms with Crippen LogP contribution in [0, 0.1) is 5.92 Å². The molecule has 1 aliphatic carbocycles. The lowest BCUT2D eigenvalue weighted by atomic mass is 9.96. The van der Waals surface area contributed by atoms with Gasteiger partial charge in [0.05, 0.1) is 0 Å². The number of rotatable bonds is 0. The minimum Gasteiger partial charge on any atom is -0.0885 e. The fraction of sp³-hybridized carbons (Fsp3) is 0.846. The van der Waals surface area contributed by atoms with E-state index in [4.69, 9.17) is 0 Å². The van der Waals surface area contributed by atoms with Crippen LogP contribution in [0.15, 0.2) is 12.2 Å². The minimum absolute atomic E-state index is 0.948. The first kappa shape index (κ1) is 10.8. The quantitative estimate of drug-likeness (QED) is 0.474. The van der Waals surface area contributed by atoms with E-state index in [1.807, 2.05) is 0 Å². The Morgan fingerprint density at radius 2 is 1.46 bits per heavy atom. The van der Waals surface area contributed by atoms with Crippen LogP contribution in [0.5, 0.6) is 0 Å². The second-order valence-corrected chi connectivity index (χ2v) is 4.50. The van der Waals surface area contributed by atoms with Crippen LogP contribution in [0.25, 0.3) is 0 Å². The van der Waals surface area contributed by atoms with Crippen molar-refractivity contribution in [1.82, 2.24) is 0 Å². The molecule has 13 heavy (non-hydrogen) atoms. The lowest BCUT2D eigenvalue weighted by molar-refractivity contribution is 0.457. The van der Waals surface area contributed by atoms with E-state index in [1.54, 1.807) is 0 Å². The minimum atomic E-state index is 0.948. The van der Waals surface area contributed by atoms with Gasteiger partial charge in [-0.05, 0) is 31.6 Å². The molecule has 0 heterocycles. The maximum absolute atomic E-state index is 2.40. The van der Waals surface area contributed by atoms with E-state index in [0.29, 0.717) is 0 Å². The van der Waals surface area contributed by atoms with E-state index >= 15 is 0 Å². The highest BCUT2D eigenvalue weighted by molar-refractivity contribution is 4.82. The van der Waals surface area contributed by atoms with E-state index in [2.05, 4.69) is 19.1 Å². The summed E-state index contributed by atoms with van der Waals surface area (Å²) in [5.41, 5.74) is 0. The van der Waals surface area contributed by atoms with Gasteiger partial charge in [-0.15, -0.1) is 0 Å². The van der Waals surface area contributed by atoms with Crippen LogP contribution >= 0.6 is 0 Å². The molecule has 0 bridgehead atoms. The van der Waals surface area contributed by atoms with Crippen molar-refractivity contribution in [2.75, 3.05) is 0 Å². The molecule has 1 unspecified atom stereocenters. The molecule has 0 aromatic carbocycles. The van der Waals surface area contributed by atoms with Crippen molar-refractivity contribution < 1.29 is 0 Å². The number of hydrogen-bond donors (Lipinski definition) is 0. The second kappa shape index (κ2) is 7.17. The van der Waals surface area contributed by atoms with Gasteiger partial charge in [0.2, 0.25) is 0 Å². The van der Waals surface area contributed by atoms with Crippen molar-refractivity contribution in [2.45, 2.75) is 64.7 Å². The lowest BCUT2D eigenvalue weighted by Gasteiger charge is -2.10. The third kappa shape index (κ3) is 5.90. The van der Waals surface area contributed by atoms with Crippen LogP contribution in [0.4, 0.5) is 0 Å². The Hall–Kier alpha value is -0.260. The van der Waals surface area contributed by atoms with Gasteiger partial charge in [0, 0.05) is 0 Å². The standard InChI is InChI=1S/C13H24/c1-13-11-9-7-5-3-2-4-6-8-10-12-13/h5,7,13H,2-4,6,8-12H2,1H3/b7-5-. The Bertz CT molecular complexity index is 135. The van der Waals surface area contributed by atoms with Crippen molar-refractivity contribution in [3.05, 3.63) is 12.2 Å². The third-order valence-corrected chi connectivity index (χ3v) is 3.06. The van der Waals surface area contributed by atoms with Gasteiger partial charge in [-0.2, -0.15) is 0 Å². The normalized spacial score (nSPS) is 30.1. The molecular weight excluding hydrogens is 156 g/mol. The summed E-state index contributed by atoms with van der Waals surface area (Å²) in [5.74, 6) is 0.948. The van der Waals surface area contributed by atoms with Crippen molar-refractivity contribution in [3.63, 3.8) is 0 Å². The predicted octanol–water partition coefficient (Wildman–Crippen LogP) is 4.70. The fourth-order valence-corrected chi connectivity index (χ4v) is 2.05. The summed E-state index contributed by atoms with van der Waals surface area (Å²) < 4.78 is 0. The molecule has 0 saturated heterocycles. The summed E-state index contributed by atoms with van der Waals surface area (Å²) in [4.78, 5) is 0. The Morgan fingerprint density at radius 3 is 2.38 bits per heavy atom. The highest BCUT2D eigenvalue weighted by Gasteiger charge is 2.01. The molecule has 1 atom stereocenters. The molecule has 0 aromatic rings. The number of hydrogen-bond acceptors (Lipinski definition) is 0. The summed E-state index contributed by atoms with van der Waals surface area (Å²) in [6, 6.07) is 0. The van der Waals surface area contributed by atoms with Gasteiger partial charge < -0.3 is 0 Å². The average molecular weight is 180 g/mol. The van der Waals surface area contributed by atoms with Gasteiger partial charge in [-0.1, -0.05) is 51.2 Å². The maximum Gasteiger partial charge on any atom is -0.0348 e. The van der Waals surface area contributed by atoms with Crippen LogP contribution in [-0.4, -0.2) is 0 Å². The van der Waals surface area contributed by atoms with E-state index in [0.717, 1.165) is 5.92 Å². The SMILES string of the molecule is CC1CC/C=C\CCCCCCC1. The molecule has 1 rings (SSSR count). The highest BCUT2D eigenvalue weighted by Crippen LogP contribution is 2.17. The average Bonchev–Trinajstić information content (AvgIpc) is 2.11. The summed E-state index contributed by atoms with van der Waals surface area (Å²) in [6.45, 7) is 2.40. The van der Waals surface area contributed by atoms with Gasteiger partial charge in [0.25, 0.3) is 0 Å². The zero-order chi connectivity index (χ0) is 9.36. The van der Waals surface area contributed by atoms with Crippen molar-refractivity contribution in [2.24, 2.45) is 5.92 Å². The highest BCUT2D eigenvalue weighted by atomic mass is 14.1. The summed E-state index contributed by atoms with van der Waals surface area (Å²) in [7, 11) is 0. The zero-order valence-corrected chi connectivity index (χ0v) is 9.10. The zero-order valence-electron chi connectivity index (χ0n) is 9.10. The van der Waals surface area contributed by atoms with Gasteiger partial charge in [-0.3, -0.25) is 0 Å². The van der Waals surface area contributed by atoms with Gasteiger partial charge in [-0.25, -0.2) is 0 Å². The van der Waals surface area contributed by atoms with Crippen LogP contribution in [0.1, 0.15) is 64.7 Å². The molecule has 0 aliphatic heterocycles. The van der Waals surface area contributed by atoms with Crippen molar-refractivity contribution in [3.8, 4) is 0 Å². The molecule has 0 amide bonds. The molecule has 0 N–H and O–H groups in total. The fourth-order valence-electron chi connectivity index (χ4n) is 2.05. The summed E-state index contributed by atoms with van der Waals surface area (Å²) in [6.07, 6.45) is 17.5. The Balaban J connectivity index is 2.21. The molecule has 1 aliphatic rings. The summed E-state index contributed by atoms with van der Waals surface area (Å²) >= 11 is 0. The third-order valence-electron chi connectivity index (χ3n) is 3.06. The van der Waals surface area contributed by atoms with Gasteiger partial charge in [0.1, 0.15) is 0 Å². The molecule has 0 spiro atoms. The van der Waals surface area contributed by atoms with Gasteiger partial charge in [0.15, 0.2) is 0 Å². The Kier molecular flexibility index (Phi) is 5.97. The first-order valence-electron chi connectivity index (χ1n) is 6.04. The topological polar surface area (TPSA) is 0 Å². The summed E-state index contributed by atoms with van der Waals surface area (Å²) in [5, 5.41) is 0. The molecule has 0 radical (unpaired) electrons. The lowest BCUT2D eigenvalue weighted by Crippen LogP contribution is -1.94. The smallest absolute Gasteiger partial charge is 0.0348 e. The van der Waals surface area contributed by atoms with Crippen LogP contribution in [-0.2, 0) is 0 Å². The van der Waals surface area contributed by atoms with Crippen molar-refractivity contribution >= 4 is 0 Å². The first-order valence-corrected chi connectivity index (χ1v) is 6.04.